The van der Waals surface area contributed by atoms with Crippen molar-refractivity contribution in [2.75, 3.05) is 27.9 Å². The fraction of sp³-hybridized carbons (Fsp3) is 0.278. The van der Waals surface area contributed by atoms with Gasteiger partial charge in [-0.2, -0.15) is 0 Å². The molecule has 0 aliphatic heterocycles. The van der Waals surface area contributed by atoms with Crippen molar-refractivity contribution in [2.45, 2.75) is 6.42 Å². The van der Waals surface area contributed by atoms with Gasteiger partial charge in [-0.1, -0.05) is 24.3 Å². The molecule has 0 radical (unpaired) electrons. The van der Waals surface area contributed by atoms with Gasteiger partial charge in [0.25, 0.3) is 5.91 Å². The van der Waals surface area contributed by atoms with Gasteiger partial charge in [0.2, 0.25) is 0 Å². The van der Waals surface area contributed by atoms with Crippen molar-refractivity contribution in [1.29, 1.82) is 0 Å². The number of amides is 1. The molecule has 0 saturated heterocycles. The first-order chi connectivity index (χ1) is 11.2. The molecular formula is C18H21NO4. The molecule has 0 saturated carbocycles. The number of nitrogens with one attached hydrogen (secondary N) is 1. The van der Waals surface area contributed by atoms with E-state index in [-0.39, 0.29) is 5.91 Å². The molecule has 5 heteroatoms. The third-order valence-corrected chi connectivity index (χ3v) is 3.53. The summed E-state index contributed by atoms with van der Waals surface area (Å²) in [6.07, 6.45) is 0.674. The van der Waals surface area contributed by atoms with Crippen molar-refractivity contribution in [3.05, 3.63) is 53.6 Å². The third-order valence-electron chi connectivity index (χ3n) is 3.53. The smallest absolute Gasteiger partial charge is 0.258 e. The molecule has 23 heavy (non-hydrogen) atoms. The van der Waals surface area contributed by atoms with Crippen LogP contribution in [0.3, 0.4) is 0 Å². The fourth-order valence-corrected chi connectivity index (χ4v) is 2.38. The first kappa shape index (κ1) is 16.7. The molecule has 0 spiro atoms. The van der Waals surface area contributed by atoms with Crippen LogP contribution in [-0.2, 0) is 6.42 Å². The zero-order valence-electron chi connectivity index (χ0n) is 13.6. The lowest BCUT2D eigenvalue weighted by atomic mass is 10.1. The van der Waals surface area contributed by atoms with Crippen molar-refractivity contribution in [2.24, 2.45) is 0 Å². The second-order valence-corrected chi connectivity index (χ2v) is 4.86. The normalized spacial score (nSPS) is 10.0. The molecule has 0 fully saturated rings. The molecule has 0 atom stereocenters. The number of para-hydroxylation sites is 1. The molecule has 0 bridgehead atoms. The van der Waals surface area contributed by atoms with Gasteiger partial charge < -0.3 is 19.5 Å². The molecule has 0 aliphatic rings. The number of carbonyl (C=O) groups is 1. The molecule has 2 aromatic rings. The minimum atomic E-state index is -0.228. The van der Waals surface area contributed by atoms with Crippen LogP contribution in [0, 0.1) is 0 Å². The maximum Gasteiger partial charge on any atom is 0.258 e. The Bertz CT molecular complexity index is 648. The van der Waals surface area contributed by atoms with E-state index in [1.54, 1.807) is 25.3 Å². The van der Waals surface area contributed by atoms with E-state index in [2.05, 4.69) is 5.32 Å². The van der Waals surface area contributed by atoms with Gasteiger partial charge in [0.1, 0.15) is 22.8 Å². The van der Waals surface area contributed by atoms with Gasteiger partial charge in [-0.15, -0.1) is 0 Å². The summed E-state index contributed by atoms with van der Waals surface area (Å²) in [4.78, 5) is 12.4. The van der Waals surface area contributed by atoms with E-state index >= 15 is 0 Å². The van der Waals surface area contributed by atoms with Gasteiger partial charge >= 0.3 is 0 Å². The van der Waals surface area contributed by atoms with Gasteiger partial charge in [-0.05, 0) is 30.2 Å². The number of rotatable bonds is 7. The summed E-state index contributed by atoms with van der Waals surface area (Å²) < 4.78 is 15.8. The largest absolute Gasteiger partial charge is 0.496 e. The van der Waals surface area contributed by atoms with Crippen molar-refractivity contribution < 1.29 is 19.0 Å². The van der Waals surface area contributed by atoms with Gasteiger partial charge in [0.05, 0.1) is 21.3 Å². The molecule has 5 nitrogen and oxygen atoms in total. The first-order valence-corrected chi connectivity index (χ1v) is 7.32. The SMILES string of the molecule is COc1ccccc1CCNC(=O)c1c(OC)cccc1OC. The zero-order valence-corrected chi connectivity index (χ0v) is 13.6. The summed E-state index contributed by atoms with van der Waals surface area (Å²) in [6.45, 7) is 0.487. The maximum absolute atomic E-state index is 12.4. The van der Waals surface area contributed by atoms with Crippen LogP contribution in [0.2, 0.25) is 0 Å². The van der Waals surface area contributed by atoms with E-state index < -0.39 is 0 Å². The molecule has 1 amide bonds. The zero-order chi connectivity index (χ0) is 16.7. The van der Waals surface area contributed by atoms with Crippen molar-refractivity contribution in [3.63, 3.8) is 0 Å². The van der Waals surface area contributed by atoms with Crippen LogP contribution in [-0.4, -0.2) is 33.8 Å². The van der Waals surface area contributed by atoms with Gasteiger partial charge in [-0.3, -0.25) is 4.79 Å². The summed E-state index contributed by atoms with van der Waals surface area (Å²) in [5.74, 6) is 1.56. The predicted octanol–water partition coefficient (Wildman–Crippen LogP) is 2.68. The summed E-state index contributed by atoms with van der Waals surface area (Å²) in [6, 6.07) is 13.0. The van der Waals surface area contributed by atoms with E-state index in [0.29, 0.717) is 30.0 Å². The van der Waals surface area contributed by atoms with Crippen molar-refractivity contribution in [3.8, 4) is 17.2 Å². The Morgan fingerprint density at radius 1 is 0.870 bits per heavy atom. The Morgan fingerprint density at radius 2 is 1.43 bits per heavy atom. The van der Waals surface area contributed by atoms with E-state index in [0.717, 1.165) is 11.3 Å². The van der Waals surface area contributed by atoms with Crippen LogP contribution in [0.15, 0.2) is 42.5 Å². The van der Waals surface area contributed by atoms with Gasteiger partial charge in [0.15, 0.2) is 0 Å². The Balaban J connectivity index is 2.06. The lowest BCUT2D eigenvalue weighted by Gasteiger charge is -2.13. The monoisotopic (exact) mass is 315 g/mol. The first-order valence-electron chi connectivity index (χ1n) is 7.32. The highest BCUT2D eigenvalue weighted by Gasteiger charge is 2.17. The van der Waals surface area contributed by atoms with Crippen LogP contribution in [0.1, 0.15) is 15.9 Å². The molecule has 2 rings (SSSR count). The van der Waals surface area contributed by atoms with Crippen molar-refractivity contribution in [1.82, 2.24) is 5.32 Å². The average Bonchev–Trinajstić information content (AvgIpc) is 2.61. The van der Waals surface area contributed by atoms with Crippen molar-refractivity contribution >= 4 is 5.91 Å². The minimum Gasteiger partial charge on any atom is -0.496 e. The molecular weight excluding hydrogens is 294 g/mol. The topological polar surface area (TPSA) is 56.8 Å². The summed E-state index contributed by atoms with van der Waals surface area (Å²) in [5.41, 5.74) is 1.44. The summed E-state index contributed by atoms with van der Waals surface area (Å²) >= 11 is 0. The molecule has 2 aromatic carbocycles. The Labute approximate surface area is 136 Å². The fourth-order valence-electron chi connectivity index (χ4n) is 2.38. The number of carbonyl (C=O) groups excluding carboxylic acids is 1. The predicted molar refractivity (Wildman–Crippen MR) is 88.6 cm³/mol. The standard InChI is InChI=1S/C18H21NO4/c1-21-14-8-5-4-7-13(14)11-12-19-18(20)17-15(22-2)9-6-10-16(17)23-3/h4-10H,11-12H2,1-3H3,(H,19,20). The number of ether oxygens (including phenoxy) is 3. The highest BCUT2D eigenvalue weighted by molar-refractivity contribution is 5.99. The third kappa shape index (κ3) is 3.94. The van der Waals surface area contributed by atoms with Crippen LogP contribution in [0.5, 0.6) is 17.2 Å². The van der Waals surface area contributed by atoms with E-state index in [1.807, 2.05) is 24.3 Å². The second-order valence-electron chi connectivity index (χ2n) is 4.86. The summed E-state index contributed by atoms with van der Waals surface area (Å²) in [5, 5.41) is 2.89. The van der Waals surface area contributed by atoms with Gasteiger partial charge in [-0.25, -0.2) is 0 Å². The van der Waals surface area contributed by atoms with Crippen LogP contribution in [0.4, 0.5) is 0 Å². The average molecular weight is 315 g/mol. The number of hydrogen-bond acceptors (Lipinski definition) is 4. The maximum atomic E-state index is 12.4. The summed E-state index contributed by atoms with van der Waals surface area (Å²) in [7, 11) is 4.69. The lowest BCUT2D eigenvalue weighted by molar-refractivity contribution is 0.0948. The van der Waals surface area contributed by atoms with Crippen LogP contribution in [0.25, 0.3) is 0 Å². The number of hydrogen-bond donors (Lipinski definition) is 1. The Kier molecular flexibility index (Phi) is 5.86. The van der Waals surface area contributed by atoms with Crippen LogP contribution >= 0.6 is 0 Å². The second kappa shape index (κ2) is 8.08. The Hall–Kier alpha value is -2.69. The molecule has 122 valence electrons. The van der Waals surface area contributed by atoms with E-state index in [1.165, 1.54) is 14.2 Å². The van der Waals surface area contributed by atoms with E-state index in [4.69, 9.17) is 14.2 Å². The number of methoxy groups -OCH3 is 3. The van der Waals surface area contributed by atoms with Crippen LogP contribution < -0.4 is 19.5 Å². The Morgan fingerprint density at radius 3 is 2.04 bits per heavy atom. The quantitative estimate of drug-likeness (QED) is 0.853. The molecule has 1 N–H and O–H groups in total. The highest BCUT2D eigenvalue weighted by atomic mass is 16.5. The molecule has 0 aliphatic carbocycles. The minimum absolute atomic E-state index is 0.228. The number of benzene rings is 2. The highest BCUT2D eigenvalue weighted by Crippen LogP contribution is 2.28. The molecule has 0 heterocycles. The van der Waals surface area contributed by atoms with Gasteiger partial charge in [0, 0.05) is 6.54 Å². The lowest BCUT2D eigenvalue weighted by Crippen LogP contribution is -2.26. The molecule has 0 unspecified atom stereocenters. The molecule has 0 aromatic heterocycles. The van der Waals surface area contributed by atoms with E-state index in [9.17, 15) is 4.79 Å².